The lowest BCUT2D eigenvalue weighted by Crippen LogP contribution is -2.21. The van der Waals surface area contributed by atoms with Crippen molar-refractivity contribution in [3.8, 4) is 0 Å². The van der Waals surface area contributed by atoms with E-state index in [-0.39, 0.29) is 0 Å². The first-order chi connectivity index (χ1) is 10.2. The molecule has 0 saturated heterocycles. The second-order valence-electron chi connectivity index (χ2n) is 5.28. The largest absolute Gasteiger partial charge is 0.385 e. The molecule has 0 aliphatic heterocycles. The fourth-order valence-electron chi connectivity index (χ4n) is 2.69. The average molecular weight is 297 g/mol. The topological polar surface area (TPSA) is 48.3 Å². The highest BCUT2D eigenvalue weighted by atomic mass is 16.5. The third-order valence-corrected chi connectivity index (χ3v) is 3.73. The standard InChI is InChI=1S/C16H31N3O2/c1-6-15(17-7-2)16-13(3)18-19(14(16)4)9-12-21-11-8-10-20-5/h15,17H,6-12H2,1-5H3. The van der Waals surface area contributed by atoms with Crippen LogP contribution in [-0.4, -0.2) is 43.3 Å². The quantitative estimate of drug-likeness (QED) is 0.638. The van der Waals surface area contributed by atoms with Crippen molar-refractivity contribution in [2.75, 3.05) is 33.5 Å². The Labute approximate surface area is 129 Å². The monoisotopic (exact) mass is 297 g/mol. The van der Waals surface area contributed by atoms with Gasteiger partial charge in [-0.2, -0.15) is 5.10 Å². The van der Waals surface area contributed by atoms with Crippen LogP contribution in [0.1, 0.15) is 49.7 Å². The van der Waals surface area contributed by atoms with Crippen LogP contribution in [0.3, 0.4) is 0 Å². The highest BCUT2D eigenvalue weighted by molar-refractivity contribution is 5.28. The van der Waals surface area contributed by atoms with Crippen LogP contribution in [0.4, 0.5) is 0 Å². The van der Waals surface area contributed by atoms with Crippen LogP contribution < -0.4 is 5.32 Å². The molecule has 1 N–H and O–H groups in total. The van der Waals surface area contributed by atoms with Gasteiger partial charge < -0.3 is 14.8 Å². The summed E-state index contributed by atoms with van der Waals surface area (Å²) in [4.78, 5) is 0. The molecule has 0 fully saturated rings. The number of methoxy groups -OCH3 is 1. The molecule has 0 aliphatic carbocycles. The zero-order chi connectivity index (χ0) is 15.7. The van der Waals surface area contributed by atoms with Crippen LogP contribution in [-0.2, 0) is 16.0 Å². The summed E-state index contributed by atoms with van der Waals surface area (Å²) >= 11 is 0. The maximum Gasteiger partial charge on any atom is 0.0662 e. The summed E-state index contributed by atoms with van der Waals surface area (Å²) < 4.78 is 12.7. The number of nitrogens with zero attached hydrogens (tertiary/aromatic N) is 2. The zero-order valence-corrected chi connectivity index (χ0v) is 14.2. The fraction of sp³-hybridized carbons (Fsp3) is 0.812. The summed E-state index contributed by atoms with van der Waals surface area (Å²) in [5.41, 5.74) is 3.72. The summed E-state index contributed by atoms with van der Waals surface area (Å²) in [6.07, 6.45) is 2.02. The normalized spacial score (nSPS) is 12.8. The molecule has 1 unspecified atom stereocenters. The molecule has 5 heteroatoms. The predicted octanol–water partition coefficient (Wildman–Crippen LogP) is 2.61. The van der Waals surface area contributed by atoms with Gasteiger partial charge in [-0.05, 0) is 33.2 Å². The molecule has 1 heterocycles. The van der Waals surface area contributed by atoms with Crippen molar-refractivity contribution in [2.45, 2.75) is 53.1 Å². The number of hydrogen-bond acceptors (Lipinski definition) is 4. The molecule has 122 valence electrons. The molecule has 0 aliphatic rings. The molecule has 0 spiro atoms. The third-order valence-electron chi connectivity index (χ3n) is 3.73. The summed E-state index contributed by atoms with van der Waals surface area (Å²) in [5, 5.41) is 8.20. The van der Waals surface area contributed by atoms with Gasteiger partial charge in [-0.15, -0.1) is 0 Å². The Kier molecular flexibility index (Phi) is 8.57. The molecule has 0 saturated carbocycles. The molecule has 1 rings (SSSR count). The number of ether oxygens (including phenoxy) is 2. The van der Waals surface area contributed by atoms with E-state index >= 15 is 0 Å². The molecule has 1 atom stereocenters. The van der Waals surface area contributed by atoms with Gasteiger partial charge in [0.15, 0.2) is 0 Å². The van der Waals surface area contributed by atoms with E-state index in [0.717, 1.165) is 44.8 Å². The number of aromatic nitrogens is 2. The molecule has 1 aromatic rings. The maximum atomic E-state index is 5.62. The molecule has 0 radical (unpaired) electrons. The van der Waals surface area contributed by atoms with E-state index in [1.165, 1.54) is 11.3 Å². The SMILES string of the molecule is CCNC(CC)c1c(C)nn(CCOCCCOC)c1C. The molecule has 0 aromatic carbocycles. The van der Waals surface area contributed by atoms with Crippen molar-refractivity contribution in [1.29, 1.82) is 0 Å². The molecule has 5 nitrogen and oxygen atoms in total. The van der Waals surface area contributed by atoms with Crippen LogP contribution >= 0.6 is 0 Å². The van der Waals surface area contributed by atoms with Crippen molar-refractivity contribution in [3.63, 3.8) is 0 Å². The van der Waals surface area contributed by atoms with Crippen molar-refractivity contribution >= 4 is 0 Å². The lowest BCUT2D eigenvalue weighted by molar-refractivity contribution is 0.0957. The van der Waals surface area contributed by atoms with Gasteiger partial charge in [-0.1, -0.05) is 13.8 Å². The molecular weight excluding hydrogens is 266 g/mol. The Morgan fingerprint density at radius 3 is 2.57 bits per heavy atom. The van der Waals surface area contributed by atoms with Gasteiger partial charge in [0.2, 0.25) is 0 Å². The molecule has 0 bridgehead atoms. The maximum absolute atomic E-state index is 5.62. The highest BCUT2D eigenvalue weighted by Gasteiger charge is 2.18. The van der Waals surface area contributed by atoms with Crippen molar-refractivity contribution in [1.82, 2.24) is 15.1 Å². The van der Waals surface area contributed by atoms with E-state index in [1.807, 2.05) is 0 Å². The van der Waals surface area contributed by atoms with E-state index in [9.17, 15) is 0 Å². The second kappa shape index (κ2) is 9.92. The summed E-state index contributed by atoms with van der Waals surface area (Å²) in [6.45, 7) is 12.6. The smallest absolute Gasteiger partial charge is 0.0662 e. The summed E-state index contributed by atoms with van der Waals surface area (Å²) in [5.74, 6) is 0. The van der Waals surface area contributed by atoms with Gasteiger partial charge in [-0.25, -0.2) is 0 Å². The van der Waals surface area contributed by atoms with E-state index in [2.05, 4.69) is 42.8 Å². The number of nitrogens with one attached hydrogen (secondary N) is 1. The predicted molar refractivity (Wildman–Crippen MR) is 85.7 cm³/mol. The van der Waals surface area contributed by atoms with Crippen LogP contribution in [0, 0.1) is 13.8 Å². The van der Waals surface area contributed by atoms with Gasteiger partial charge in [-0.3, -0.25) is 4.68 Å². The van der Waals surface area contributed by atoms with Gasteiger partial charge in [0.25, 0.3) is 0 Å². The Morgan fingerprint density at radius 2 is 1.95 bits per heavy atom. The molecule has 0 amide bonds. The van der Waals surface area contributed by atoms with E-state index < -0.39 is 0 Å². The van der Waals surface area contributed by atoms with Crippen molar-refractivity contribution in [3.05, 3.63) is 17.0 Å². The lowest BCUT2D eigenvalue weighted by atomic mass is 10.0. The van der Waals surface area contributed by atoms with E-state index in [4.69, 9.17) is 9.47 Å². The average Bonchev–Trinajstić information content (AvgIpc) is 2.75. The van der Waals surface area contributed by atoms with Crippen LogP contribution in [0.2, 0.25) is 0 Å². The third kappa shape index (κ3) is 5.41. The Morgan fingerprint density at radius 1 is 1.19 bits per heavy atom. The Balaban J connectivity index is 2.56. The fourth-order valence-corrected chi connectivity index (χ4v) is 2.69. The highest BCUT2D eigenvalue weighted by Crippen LogP contribution is 2.24. The minimum absolute atomic E-state index is 0.395. The van der Waals surface area contributed by atoms with Gasteiger partial charge >= 0.3 is 0 Å². The van der Waals surface area contributed by atoms with Crippen molar-refractivity contribution < 1.29 is 9.47 Å². The van der Waals surface area contributed by atoms with E-state index in [1.54, 1.807) is 7.11 Å². The Hall–Kier alpha value is -0.910. The van der Waals surface area contributed by atoms with Crippen LogP contribution in [0.25, 0.3) is 0 Å². The first kappa shape index (κ1) is 18.1. The number of rotatable bonds is 11. The van der Waals surface area contributed by atoms with Crippen molar-refractivity contribution in [2.24, 2.45) is 0 Å². The lowest BCUT2D eigenvalue weighted by Gasteiger charge is -2.16. The molecule has 21 heavy (non-hydrogen) atoms. The second-order valence-corrected chi connectivity index (χ2v) is 5.28. The first-order valence-corrected chi connectivity index (χ1v) is 7.99. The zero-order valence-electron chi connectivity index (χ0n) is 14.2. The van der Waals surface area contributed by atoms with Gasteiger partial charge in [0.1, 0.15) is 0 Å². The number of hydrogen-bond donors (Lipinski definition) is 1. The molecule has 1 aromatic heterocycles. The minimum Gasteiger partial charge on any atom is -0.385 e. The van der Waals surface area contributed by atoms with Crippen LogP contribution in [0.5, 0.6) is 0 Å². The van der Waals surface area contributed by atoms with Crippen LogP contribution in [0.15, 0.2) is 0 Å². The van der Waals surface area contributed by atoms with Gasteiger partial charge in [0, 0.05) is 37.6 Å². The number of aryl methyl sites for hydroxylation is 1. The van der Waals surface area contributed by atoms with Gasteiger partial charge in [0.05, 0.1) is 18.8 Å². The van der Waals surface area contributed by atoms with E-state index in [0.29, 0.717) is 12.6 Å². The molecular formula is C16H31N3O2. The summed E-state index contributed by atoms with van der Waals surface area (Å²) in [7, 11) is 1.71. The first-order valence-electron chi connectivity index (χ1n) is 7.99. The minimum atomic E-state index is 0.395. The summed E-state index contributed by atoms with van der Waals surface area (Å²) in [6, 6.07) is 0.395. The Bertz CT molecular complexity index is 404.